The molecule has 0 bridgehead atoms. The van der Waals surface area contributed by atoms with Crippen LogP contribution < -0.4 is 5.32 Å². The number of aromatic nitrogens is 1. The molecule has 1 saturated carbocycles. The minimum absolute atomic E-state index is 0.0898. The second-order valence-electron chi connectivity index (χ2n) is 6.33. The van der Waals surface area contributed by atoms with Gasteiger partial charge in [0.2, 0.25) is 0 Å². The second-order valence-corrected chi connectivity index (χ2v) is 7.19. The SMILES string of the molecule is Cc1ccc(-c2nc(CNCC3CCCC(O)C3)cs2)cc1. The van der Waals surface area contributed by atoms with Crippen LogP contribution in [0.15, 0.2) is 29.6 Å². The van der Waals surface area contributed by atoms with Gasteiger partial charge in [-0.15, -0.1) is 11.3 Å². The van der Waals surface area contributed by atoms with Gasteiger partial charge in [-0.1, -0.05) is 36.2 Å². The van der Waals surface area contributed by atoms with Crippen molar-refractivity contribution in [2.45, 2.75) is 45.3 Å². The molecule has 2 unspecified atom stereocenters. The van der Waals surface area contributed by atoms with Crippen molar-refractivity contribution in [3.63, 3.8) is 0 Å². The maximum absolute atomic E-state index is 9.71. The van der Waals surface area contributed by atoms with Crippen LogP contribution in [0.3, 0.4) is 0 Å². The van der Waals surface area contributed by atoms with Crippen LogP contribution in [0.1, 0.15) is 36.9 Å². The van der Waals surface area contributed by atoms with Gasteiger partial charge in [0.25, 0.3) is 0 Å². The van der Waals surface area contributed by atoms with E-state index in [9.17, 15) is 5.11 Å². The highest BCUT2D eigenvalue weighted by molar-refractivity contribution is 7.13. The molecule has 0 spiro atoms. The maximum atomic E-state index is 9.71. The normalized spacial score (nSPS) is 21.9. The first-order valence-electron chi connectivity index (χ1n) is 8.11. The molecule has 1 aromatic heterocycles. The number of nitrogens with zero attached hydrogens (tertiary/aromatic N) is 1. The summed E-state index contributed by atoms with van der Waals surface area (Å²) in [6.07, 6.45) is 4.21. The molecule has 0 saturated heterocycles. The van der Waals surface area contributed by atoms with E-state index in [1.807, 2.05) is 0 Å². The molecule has 3 nitrogen and oxygen atoms in total. The van der Waals surface area contributed by atoms with Gasteiger partial charge in [0.05, 0.1) is 11.8 Å². The molecular weight excluding hydrogens is 292 g/mol. The van der Waals surface area contributed by atoms with Crippen molar-refractivity contribution in [2.75, 3.05) is 6.54 Å². The fourth-order valence-corrected chi connectivity index (χ4v) is 3.90. The largest absolute Gasteiger partial charge is 0.393 e. The molecule has 1 heterocycles. The monoisotopic (exact) mass is 316 g/mol. The molecule has 1 fully saturated rings. The lowest BCUT2D eigenvalue weighted by molar-refractivity contribution is 0.101. The number of aliphatic hydroxyl groups is 1. The molecule has 3 rings (SSSR count). The van der Waals surface area contributed by atoms with Crippen molar-refractivity contribution >= 4 is 11.3 Å². The van der Waals surface area contributed by atoms with Crippen LogP contribution in [0, 0.1) is 12.8 Å². The van der Waals surface area contributed by atoms with Crippen molar-refractivity contribution < 1.29 is 5.11 Å². The number of nitrogens with one attached hydrogen (secondary N) is 1. The smallest absolute Gasteiger partial charge is 0.123 e. The average molecular weight is 316 g/mol. The topological polar surface area (TPSA) is 45.2 Å². The number of benzene rings is 1. The summed E-state index contributed by atoms with van der Waals surface area (Å²) in [5, 5.41) is 16.4. The van der Waals surface area contributed by atoms with Gasteiger partial charge in [0.1, 0.15) is 5.01 Å². The van der Waals surface area contributed by atoms with Crippen LogP contribution in [-0.2, 0) is 6.54 Å². The third-order valence-corrected chi connectivity index (χ3v) is 5.28. The highest BCUT2D eigenvalue weighted by Gasteiger charge is 2.19. The fraction of sp³-hybridized carbons (Fsp3) is 0.500. The summed E-state index contributed by atoms with van der Waals surface area (Å²) in [6.45, 7) is 3.90. The van der Waals surface area contributed by atoms with E-state index in [4.69, 9.17) is 4.98 Å². The summed E-state index contributed by atoms with van der Waals surface area (Å²) in [5.41, 5.74) is 3.58. The summed E-state index contributed by atoms with van der Waals surface area (Å²) < 4.78 is 0. The predicted molar refractivity (Wildman–Crippen MR) is 92.0 cm³/mol. The van der Waals surface area contributed by atoms with Gasteiger partial charge < -0.3 is 10.4 Å². The van der Waals surface area contributed by atoms with E-state index < -0.39 is 0 Å². The Bertz CT molecular complexity index is 593. The van der Waals surface area contributed by atoms with Gasteiger partial charge in [-0.3, -0.25) is 0 Å². The predicted octanol–water partition coefficient (Wildman–Crippen LogP) is 3.76. The first-order chi connectivity index (χ1) is 10.7. The van der Waals surface area contributed by atoms with E-state index >= 15 is 0 Å². The van der Waals surface area contributed by atoms with Crippen LogP contribution in [0.5, 0.6) is 0 Å². The molecular formula is C18H24N2OS. The van der Waals surface area contributed by atoms with Crippen LogP contribution in [0.25, 0.3) is 10.6 Å². The Morgan fingerprint density at radius 3 is 2.86 bits per heavy atom. The molecule has 1 aliphatic rings. The molecule has 118 valence electrons. The van der Waals surface area contributed by atoms with Gasteiger partial charge >= 0.3 is 0 Å². The Kier molecular flexibility index (Phi) is 5.24. The summed E-state index contributed by atoms with van der Waals surface area (Å²) >= 11 is 1.70. The van der Waals surface area contributed by atoms with Gasteiger partial charge in [-0.25, -0.2) is 4.98 Å². The standard InChI is InChI=1S/C18H24N2OS/c1-13-5-7-15(8-6-13)18-20-16(12-22-18)11-19-10-14-3-2-4-17(21)9-14/h5-8,12,14,17,19,21H,2-4,9-11H2,1H3. The minimum atomic E-state index is -0.0898. The molecule has 1 aliphatic carbocycles. The zero-order valence-corrected chi connectivity index (χ0v) is 13.9. The average Bonchev–Trinajstić information content (AvgIpc) is 2.97. The van der Waals surface area contributed by atoms with Gasteiger partial charge in [0, 0.05) is 17.5 Å². The number of aliphatic hydroxyl groups excluding tert-OH is 1. The van der Waals surface area contributed by atoms with Crippen molar-refractivity contribution in [3.8, 4) is 10.6 Å². The third kappa shape index (κ3) is 4.15. The van der Waals surface area contributed by atoms with E-state index in [1.165, 1.54) is 17.5 Å². The first kappa shape index (κ1) is 15.7. The Morgan fingerprint density at radius 1 is 1.27 bits per heavy atom. The number of hydrogen-bond acceptors (Lipinski definition) is 4. The number of rotatable bonds is 5. The van der Waals surface area contributed by atoms with Crippen molar-refractivity contribution in [2.24, 2.45) is 5.92 Å². The Balaban J connectivity index is 1.50. The molecule has 2 N–H and O–H groups in total. The third-order valence-electron chi connectivity index (χ3n) is 4.34. The van der Waals surface area contributed by atoms with E-state index in [2.05, 4.69) is 41.9 Å². The fourth-order valence-electron chi connectivity index (χ4n) is 3.07. The quantitative estimate of drug-likeness (QED) is 0.883. The highest BCUT2D eigenvalue weighted by Crippen LogP contribution is 2.25. The van der Waals surface area contributed by atoms with Crippen LogP contribution in [0.2, 0.25) is 0 Å². The zero-order chi connectivity index (χ0) is 15.4. The minimum Gasteiger partial charge on any atom is -0.393 e. The number of hydrogen-bond donors (Lipinski definition) is 2. The summed E-state index contributed by atoms with van der Waals surface area (Å²) in [6, 6.07) is 8.52. The van der Waals surface area contributed by atoms with Crippen LogP contribution in [0.4, 0.5) is 0 Å². The molecule has 0 radical (unpaired) electrons. The molecule has 2 atom stereocenters. The van der Waals surface area contributed by atoms with E-state index in [0.29, 0.717) is 5.92 Å². The Labute approximate surface area is 136 Å². The molecule has 2 aromatic rings. The summed E-state index contributed by atoms with van der Waals surface area (Å²) in [7, 11) is 0. The Morgan fingerprint density at radius 2 is 2.09 bits per heavy atom. The number of aryl methyl sites for hydroxylation is 1. The summed E-state index contributed by atoms with van der Waals surface area (Å²) in [4.78, 5) is 4.71. The van der Waals surface area contributed by atoms with E-state index in [-0.39, 0.29) is 6.10 Å². The van der Waals surface area contributed by atoms with Crippen LogP contribution in [-0.4, -0.2) is 22.7 Å². The number of thiazole rings is 1. The molecule has 4 heteroatoms. The van der Waals surface area contributed by atoms with Gasteiger partial charge in [0.15, 0.2) is 0 Å². The second kappa shape index (κ2) is 7.36. The first-order valence-corrected chi connectivity index (χ1v) is 8.99. The zero-order valence-electron chi connectivity index (χ0n) is 13.1. The molecule has 22 heavy (non-hydrogen) atoms. The van der Waals surface area contributed by atoms with Gasteiger partial charge in [-0.2, -0.15) is 0 Å². The molecule has 1 aromatic carbocycles. The molecule has 0 aliphatic heterocycles. The van der Waals surface area contributed by atoms with E-state index in [0.717, 1.165) is 43.1 Å². The molecule has 0 amide bonds. The maximum Gasteiger partial charge on any atom is 0.123 e. The van der Waals surface area contributed by atoms with Crippen molar-refractivity contribution in [3.05, 3.63) is 40.9 Å². The lowest BCUT2D eigenvalue weighted by Crippen LogP contribution is -2.28. The Hall–Kier alpha value is -1.23. The van der Waals surface area contributed by atoms with Crippen molar-refractivity contribution in [1.29, 1.82) is 0 Å². The lowest BCUT2D eigenvalue weighted by atomic mass is 9.87. The van der Waals surface area contributed by atoms with Gasteiger partial charge in [-0.05, 0) is 38.6 Å². The van der Waals surface area contributed by atoms with Crippen molar-refractivity contribution in [1.82, 2.24) is 10.3 Å². The summed E-state index contributed by atoms with van der Waals surface area (Å²) in [5.74, 6) is 0.610. The van der Waals surface area contributed by atoms with Crippen LogP contribution >= 0.6 is 11.3 Å². The highest BCUT2D eigenvalue weighted by atomic mass is 32.1. The van der Waals surface area contributed by atoms with E-state index in [1.54, 1.807) is 11.3 Å². The lowest BCUT2D eigenvalue weighted by Gasteiger charge is -2.25.